The summed E-state index contributed by atoms with van der Waals surface area (Å²) >= 11 is 0. The molecule has 1 unspecified atom stereocenters. The van der Waals surface area contributed by atoms with E-state index in [1.54, 1.807) is 0 Å². The molecule has 0 bridgehead atoms. The maximum atomic E-state index is 13.0. The average Bonchev–Trinajstić information content (AvgIpc) is 2.49. The van der Waals surface area contributed by atoms with Crippen LogP contribution in [0, 0.1) is 6.92 Å². The molecule has 1 heterocycles. The van der Waals surface area contributed by atoms with Crippen molar-refractivity contribution in [3.8, 4) is 0 Å². The van der Waals surface area contributed by atoms with Crippen LogP contribution in [-0.4, -0.2) is 61.6 Å². The number of hydrogen-bond donors (Lipinski definition) is 0. The molecule has 0 aliphatic carbocycles. The summed E-state index contributed by atoms with van der Waals surface area (Å²) in [6.45, 7) is 6.77. The Morgan fingerprint density at radius 2 is 1.81 bits per heavy atom. The number of carbonyl (C=O) groups is 1. The van der Waals surface area contributed by atoms with Crippen LogP contribution < -0.4 is 0 Å². The second kappa shape index (κ2) is 6.58. The minimum atomic E-state index is -0.521. The number of amides is 1. The van der Waals surface area contributed by atoms with E-state index in [2.05, 4.69) is 31.2 Å². The van der Waals surface area contributed by atoms with E-state index in [0.29, 0.717) is 26.3 Å². The van der Waals surface area contributed by atoms with Crippen molar-refractivity contribution in [1.82, 2.24) is 9.80 Å². The van der Waals surface area contributed by atoms with Gasteiger partial charge in [0.1, 0.15) is 5.54 Å². The first-order valence-electron chi connectivity index (χ1n) is 7.53. The van der Waals surface area contributed by atoms with Crippen LogP contribution in [0.4, 0.5) is 0 Å². The molecule has 1 aromatic rings. The number of nitrogens with zero attached hydrogens (tertiary/aromatic N) is 2. The molecule has 4 heteroatoms. The van der Waals surface area contributed by atoms with Crippen molar-refractivity contribution in [2.24, 2.45) is 0 Å². The zero-order valence-corrected chi connectivity index (χ0v) is 13.6. The van der Waals surface area contributed by atoms with Crippen molar-refractivity contribution in [2.75, 3.05) is 40.4 Å². The molecule has 4 nitrogen and oxygen atoms in total. The molecule has 1 atom stereocenters. The van der Waals surface area contributed by atoms with Crippen molar-refractivity contribution >= 4 is 5.91 Å². The zero-order chi connectivity index (χ0) is 15.5. The van der Waals surface area contributed by atoms with Gasteiger partial charge in [0.15, 0.2) is 0 Å². The van der Waals surface area contributed by atoms with Crippen LogP contribution in [0.25, 0.3) is 0 Å². The number of benzene rings is 1. The van der Waals surface area contributed by atoms with E-state index in [-0.39, 0.29) is 5.91 Å². The van der Waals surface area contributed by atoms with E-state index in [1.165, 1.54) is 11.1 Å². The van der Waals surface area contributed by atoms with Gasteiger partial charge in [0.05, 0.1) is 13.2 Å². The topological polar surface area (TPSA) is 32.8 Å². The number of carbonyl (C=O) groups excluding carboxylic acids is 1. The SMILES string of the molecule is Cc1ccc(CC(C)(C(=O)N2CCOCC2)N(C)C)cc1. The molecule has 21 heavy (non-hydrogen) atoms. The molecule has 1 amide bonds. The number of hydrogen-bond acceptors (Lipinski definition) is 3. The van der Waals surface area contributed by atoms with Gasteiger partial charge in [0.2, 0.25) is 5.91 Å². The fourth-order valence-corrected chi connectivity index (χ4v) is 2.64. The van der Waals surface area contributed by atoms with Crippen molar-refractivity contribution < 1.29 is 9.53 Å². The summed E-state index contributed by atoms with van der Waals surface area (Å²) in [6, 6.07) is 8.43. The third-order valence-electron chi connectivity index (χ3n) is 4.42. The smallest absolute Gasteiger partial charge is 0.243 e. The van der Waals surface area contributed by atoms with Crippen LogP contribution >= 0.6 is 0 Å². The van der Waals surface area contributed by atoms with Crippen molar-refractivity contribution in [3.05, 3.63) is 35.4 Å². The molecule has 1 aliphatic rings. The lowest BCUT2D eigenvalue weighted by molar-refractivity contribution is -0.146. The Morgan fingerprint density at radius 3 is 2.33 bits per heavy atom. The quantitative estimate of drug-likeness (QED) is 0.846. The Kier molecular flexibility index (Phi) is 5.01. The molecular formula is C17H26N2O2. The van der Waals surface area contributed by atoms with Crippen LogP contribution in [0.1, 0.15) is 18.1 Å². The number of morpholine rings is 1. The summed E-state index contributed by atoms with van der Waals surface area (Å²) in [5.74, 6) is 0.191. The van der Waals surface area contributed by atoms with Gasteiger partial charge >= 0.3 is 0 Å². The van der Waals surface area contributed by atoms with Gasteiger partial charge in [-0.3, -0.25) is 9.69 Å². The average molecular weight is 290 g/mol. The van der Waals surface area contributed by atoms with Crippen LogP contribution in [0.3, 0.4) is 0 Å². The van der Waals surface area contributed by atoms with Crippen LogP contribution in [0.5, 0.6) is 0 Å². The lowest BCUT2D eigenvalue weighted by atomic mass is 9.89. The van der Waals surface area contributed by atoms with E-state index >= 15 is 0 Å². The lowest BCUT2D eigenvalue weighted by Gasteiger charge is -2.40. The Balaban J connectivity index is 2.18. The molecule has 0 spiro atoms. The van der Waals surface area contributed by atoms with Gasteiger partial charge in [-0.05, 0) is 39.9 Å². The molecule has 0 aromatic heterocycles. The molecule has 0 N–H and O–H groups in total. The van der Waals surface area contributed by atoms with Gasteiger partial charge in [-0.25, -0.2) is 0 Å². The molecule has 1 aromatic carbocycles. The van der Waals surface area contributed by atoms with E-state index in [1.807, 2.05) is 30.8 Å². The van der Waals surface area contributed by atoms with Crippen LogP contribution in [0.15, 0.2) is 24.3 Å². The second-order valence-electron chi connectivity index (χ2n) is 6.24. The van der Waals surface area contributed by atoms with Crippen molar-refractivity contribution in [2.45, 2.75) is 25.8 Å². The minimum Gasteiger partial charge on any atom is -0.378 e. The lowest BCUT2D eigenvalue weighted by Crippen LogP contribution is -2.58. The molecule has 1 fully saturated rings. The minimum absolute atomic E-state index is 0.191. The number of ether oxygens (including phenoxy) is 1. The third kappa shape index (κ3) is 3.63. The maximum absolute atomic E-state index is 13.0. The van der Waals surface area contributed by atoms with Crippen molar-refractivity contribution in [1.29, 1.82) is 0 Å². The van der Waals surface area contributed by atoms with Crippen molar-refractivity contribution in [3.63, 3.8) is 0 Å². The fourth-order valence-electron chi connectivity index (χ4n) is 2.64. The molecule has 1 aliphatic heterocycles. The Hall–Kier alpha value is -1.39. The highest BCUT2D eigenvalue weighted by atomic mass is 16.5. The molecule has 2 rings (SSSR count). The molecule has 1 saturated heterocycles. The van der Waals surface area contributed by atoms with Gasteiger partial charge in [-0.2, -0.15) is 0 Å². The molecular weight excluding hydrogens is 264 g/mol. The number of rotatable bonds is 4. The summed E-state index contributed by atoms with van der Waals surface area (Å²) in [5, 5.41) is 0. The Labute approximate surface area is 127 Å². The van der Waals surface area contributed by atoms with E-state index in [4.69, 9.17) is 4.74 Å². The van der Waals surface area contributed by atoms with Gasteiger partial charge in [-0.15, -0.1) is 0 Å². The summed E-state index contributed by atoms with van der Waals surface area (Å²) in [4.78, 5) is 16.9. The summed E-state index contributed by atoms with van der Waals surface area (Å²) in [6.07, 6.45) is 0.719. The summed E-state index contributed by atoms with van der Waals surface area (Å²) in [7, 11) is 3.96. The predicted molar refractivity (Wildman–Crippen MR) is 84.4 cm³/mol. The van der Waals surface area contributed by atoms with E-state index in [9.17, 15) is 4.79 Å². The third-order valence-corrected chi connectivity index (χ3v) is 4.42. The number of likely N-dealkylation sites (N-methyl/N-ethyl adjacent to an activating group) is 1. The molecule has 0 radical (unpaired) electrons. The monoisotopic (exact) mass is 290 g/mol. The van der Waals surface area contributed by atoms with Gasteiger partial charge < -0.3 is 9.64 Å². The number of aryl methyl sites for hydroxylation is 1. The standard InChI is InChI=1S/C17H26N2O2/c1-14-5-7-15(8-6-14)13-17(2,18(3)4)16(20)19-9-11-21-12-10-19/h5-8H,9-13H2,1-4H3. The predicted octanol–water partition coefficient (Wildman–Crippen LogP) is 1.72. The summed E-state index contributed by atoms with van der Waals surface area (Å²) in [5.41, 5.74) is 1.91. The van der Waals surface area contributed by atoms with E-state index in [0.717, 1.165) is 6.42 Å². The highest BCUT2D eigenvalue weighted by molar-refractivity contribution is 5.86. The first-order valence-corrected chi connectivity index (χ1v) is 7.53. The van der Waals surface area contributed by atoms with Gasteiger partial charge in [-0.1, -0.05) is 29.8 Å². The molecule has 116 valence electrons. The summed E-state index contributed by atoms with van der Waals surface area (Å²) < 4.78 is 5.35. The second-order valence-corrected chi connectivity index (χ2v) is 6.24. The Morgan fingerprint density at radius 1 is 1.24 bits per heavy atom. The first-order chi connectivity index (χ1) is 9.93. The highest BCUT2D eigenvalue weighted by Crippen LogP contribution is 2.22. The van der Waals surface area contributed by atoms with E-state index < -0.39 is 5.54 Å². The Bertz CT molecular complexity index is 478. The fraction of sp³-hybridized carbons (Fsp3) is 0.588. The largest absolute Gasteiger partial charge is 0.378 e. The zero-order valence-electron chi connectivity index (χ0n) is 13.6. The van der Waals surface area contributed by atoms with Gasteiger partial charge in [0.25, 0.3) is 0 Å². The van der Waals surface area contributed by atoms with Gasteiger partial charge in [0, 0.05) is 13.1 Å². The molecule has 0 saturated carbocycles. The first kappa shape index (κ1) is 16.0. The highest BCUT2D eigenvalue weighted by Gasteiger charge is 2.39. The van der Waals surface area contributed by atoms with Crippen LogP contribution in [-0.2, 0) is 16.0 Å². The maximum Gasteiger partial charge on any atom is 0.243 e. The van der Waals surface area contributed by atoms with Crippen LogP contribution in [0.2, 0.25) is 0 Å². The normalized spacial score (nSPS) is 18.6.